The maximum atomic E-state index is 11.2. The van der Waals surface area contributed by atoms with Crippen LogP contribution in [0.2, 0.25) is 0 Å². The molecule has 1 heterocycles. The maximum Gasteiger partial charge on any atom is 0.334 e. The molecule has 0 atom stereocenters. The molecule has 8 nitrogen and oxygen atoms in total. The number of hydrogen-bond acceptors (Lipinski definition) is 5. The number of imide groups is 2. The lowest BCUT2D eigenvalue weighted by molar-refractivity contribution is -0.143. The fraction of sp³-hybridized carbons (Fsp3) is 0.333. The average molecular weight is 200 g/mol. The van der Waals surface area contributed by atoms with E-state index in [1.807, 2.05) is 0 Å². The van der Waals surface area contributed by atoms with E-state index in [-0.39, 0.29) is 0 Å². The zero-order chi connectivity index (χ0) is 10.9. The van der Waals surface area contributed by atoms with E-state index in [1.54, 1.807) is 5.43 Å². The Morgan fingerprint density at radius 3 is 2.29 bits per heavy atom. The maximum absolute atomic E-state index is 11.2. The first-order chi connectivity index (χ1) is 6.49. The van der Waals surface area contributed by atoms with Crippen molar-refractivity contribution in [3.05, 3.63) is 0 Å². The minimum absolute atomic E-state index is 0.518. The van der Waals surface area contributed by atoms with Gasteiger partial charge in [-0.15, -0.1) is 0 Å². The van der Waals surface area contributed by atoms with Gasteiger partial charge in [-0.1, -0.05) is 0 Å². The summed E-state index contributed by atoms with van der Waals surface area (Å²) in [5.41, 5.74) is 1.75. The minimum atomic E-state index is -1.03. The van der Waals surface area contributed by atoms with Gasteiger partial charge in [-0.3, -0.25) is 24.7 Å². The molecule has 0 aliphatic carbocycles. The Hall–Kier alpha value is -1.96. The highest BCUT2D eigenvalue weighted by molar-refractivity contribution is 6.44. The Kier molecular flexibility index (Phi) is 2.47. The van der Waals surface area contributed by atoms with Crippen molar-refractivity contribution < 1.29 is 19.2 Å². The van der Waals surface area contributed by atoms with E-state index in [0.717, 1.165) is 7.05 Å². The Bertz CT molecular complexity index is 326. The van der Waals surface area contributed by atoms with E-state index >= 15 is 0 Å². The van der Waals surface area contributed by atoms with Crippen molar-refractivity contribution in [3.8, 4) is 0 Å². The molecule has 0 saturated carbocycles. The van der Waals surface area contributed by atoms with Crippen molar-refractivity contribution in [2.75, 3.05) is 13.6 Å². The second-order valence-corrected chi connectivity index (χ2v) is 2.61. The predicted octanol–water partition coefficient (Wildman–Crippen LogP) is -2.60. The van der Waals surface area contributed by atoms with Crippen molar-refractivity contribution >= 4 is 23.8 Å². The van der Waals surface area contributed by atoms with Crippen molar-refractivity contribution in [1.82, 2.24) is 15.2 Å². The van der Waals surface area contributed by atoms with Gasteiger partial charge in [0, 0.05) is 7.05 Å². The third kappa shape index (κ3) is 1.42. The standard InChI is InChI=1S/C6H8N4O4/c1-9-4(12)5(13)10(6(9)14)2-3(11)8-7/h2,7H2,1H3,(H,8,11). The molecule has 0 aromatic rings. The summed E-state index contributed by atoms with van der Waals surface area (Å²) in [5, 5.41) is 0. The second kappa shape index (κ2) is 3.42. The van der Waals surface area contributed by atoms with Crippen LogP contribution < -0.4 is 11.3 Å². The molecule has 0 unspecified atom stereocenters. The lowest BCUT2D eigenvalue weighted by Gasteiger charge is -2.10. The number of carbonyl (C=O) groups excluding carboxylic acids is 4. The molecule has 0 spiro atoms. The van der Waals surface area contributed by atoms with Gasteiger partial charge in [-0.25, -0.2) is 15.5 Å². The minimum Gasteiger partial charge on any atom is -0.293 e. The van der Waals surface area contributed by atoms with Gasteiger partial charge in [-0.05, 0) is 0 Å². The van der Waals surface area contributed by atoms with Crippen LogP contribution in [0.15, 0.2) is 0 Å². The number of nitrogens with two attached hydrogens (primary N) is 1. The van der Waals surface area contributed by atoms with Gasteiger partial charge in [0.25, 0.3) is 5.91 Å². The van der Waals surface area contributed by atoms with E-state index in [9.17, 15) is 19.2 Å². The number of amides is 5. The zero-order valence-corrected chi connectivity index (χ0v) is 7.31. The molecule has 1 fully saturated rings. The topological polar surface area (TPSA) is 113 Å². The lowest BCUT2D eigenvalue weighted by atomic mass is 10.5. The molecule has 1 rings (SSSR count). The lowest BCUT2D eigenvalue weighted by Crippen LogP contribution is -2.43. The van der Waals surface area contributed by atoms with Crippen LogP contribution in [-0.2, 0) is 14.4 Å². The first-order valence-corrected chi connectivity index (χ1v) is 3.62. The van der Waals surface area contributed by atoms with Crippen LogP contribution in [0.4, 0.5) is 4.79 Å². The number of likely N-dealkylation sites (N-methyl/N-ethyl adjacent to an activating group) is 1. The Morgan fingerprint density at radius 1 is 1.36 bits per heavy atom. The summed E-state index contributed by atoms with van der Waals surface area (Å²) in [6.07, 6.45) is 0. The molecular formula is C6H8N4O4. The average Bonchev–Trinajstić information content (AvgIpc) is 2.35. The molecule has 1 aliphatic heterocycles. The van der Waals surface area contributed by atoms with Crippen LogP contribution >= 0.6 is 0 Å². The first kappa shape index (κ1) is 10.1. The molecule has 14 heavy (non-hydrogen) atoms. The Balaban J connectivity index is 2.80. The number of hydrazine groups is 1. The van der Waals surface area contributed by atoms with E-state index < -0.39 is 30.3 Å². The van der Waals surface area contributed by atoms with Gasteiger partial charge in [-0.2, -0.15) is 0 Å². The van der Waals surface area contributed by atoms with Crippen molar-refractivity contribution in [2.45, 2.75) is 0 Å². The first-order valence-electron chi connectivity index (χ1n) is 3.62. The van der Waals surface area contributed by atoms with Gasteiger partial charge in [0.15, 0.2) is 0 Å². The molecule has 0 aromatic carbocycles. The van der Waals surface area contributed by atoms with Gasteiger partial charge in [0.05, 0.1) is 0 Å². The van der Waals surface area contributed by atoms with Crippen molar-refractivity contribution in [1.29, 1.82) is 0 Å². The van der Waals surface area contributed by atoms with Crippen LogP contribution in [0.3, 0.4) is 0 Å². The number of carbonyl (C=O) groups is 4. The molecule has 0 bridgehead atoms. The summed E-state index contributed by atoms with van der Waals surface area (Å²) in [7, 11) is 1.16. The van der Waals surface area contributed by atoms with Gasteiger partial charge in [0.1, 0.15) is 6.54 Å². The largest absolute Gasteiger partial charge is 0.334 e. The van der Waals surface area contributed by atoms with E-state index in [2.05, 4.69) is 0 Å². The number of nitrogens with one attached hydrogen (secondary N) is 1. The summed E-state index contributed by atoms with van der Waals surface area (Å²) in [6, 6.07) is -0.830. The normalized spacial score (nSPS) is 16.6. The second-order valence-electron chi connectivity index (χ2n) is 2.61. The Morgan fingerprint density at radius 2 is 1.93 bits per heavy atom. The summed E-state index contributed by atoms with van der Waals surface area (Å²) in [4.78, 5) is 45.1. The third-order valence-corrected chi connectivity index (χ3v) is 1.71. The fourth-order valence-electron chi connectivity index (χ4n) is 0.942. The number of urea groups is 1. The van der Waals surface area contributed by atoms with Crippen LogP contribution in [0.25, 0.3) is 0 Å². The molecule has 1 saturated heterocycles. The predicted molar refractivity (Wildman–Crippen MR) is 42.2 cm³/mol. The monoisotopic (exact) mass is 200 g/mol. The highest BCUT2D eigenvalue weighted by Gasteiger charge is 2.42. The molecule has 1 aliphatic rings. The molecule has 0 radical (unpaired) electrons. The van der Waals surface area contributed by atoms with Crippen LogP contribution in [0.1, 0.15) is 0 Å². The SMILES string of the molecule is CN1C(=O)C(=O)N(CC(=O)NN)C1=O. The molecule has 3 N–H and O–H groups in total. The van der Waals surface area contributed by atoms with Crippen molar-refractivity contribution in [2.24, 2.45) is 5.84 Å². The molecule has 0 aromatic heterocycles. The van der Waals surface area contributed by atoms with Crippen LogP contribution in [0.5, 0.6) is 0 Å². The third-order valence-electron chi connectivity index (χ3n) is 1.71. The fourth-order valence-corrected chi connectivity index (χ4v) is 0.942. The quantitative estimate of drug-likeness (QED) is 0.167. The molecular weight excluding hydrogens is 192 g/mol. The van der Waals surface area contributed by atoms with E-state index in [0.29, 0.717) is 9.80 Å². The highest BCUT2D eigenvalue weighted by Crippen LogP contribution is 2.08. The summed E-state index contributed by atoms with van der Waals surface area (Å²) in [6.45, 7) is -0.551. The summed E-state index contributed by atoms with van der Waals surface area (Å²) < 4.78 is 0. The van der Waals surface area contributed by atoms with Crippen LogP contribution in [0, 0.1) is 0 Å². The zero-order valence-electron chi connectivity index (χ0n) is 7.31. The van der Waals surface area contributed by atoms with Gasteiger partial charge < -0.3 is 0 Å². The molecule has 5 amide bonds. The van der Waals surface area contributed by atoms with Gasteiger partial charge >= 0.3 is 17.8 Å². The summed E-state index contributed by atoms with van der Waals surface area (Å²) >= 11 is 0. The van der Waals surface area contributed by atoms with Crippen molar-refractivity contribution in [3.63, 3.8) is 0 Å². The van der Waals surface area contributed by atoms with E-state index in [1.165, 1.54) is 0 Å². The smallest absolute Gasteiger partial charge is 0.293 e. The number of rotatable bonds is 2. The highest BCUT2D eigenvalue weighted by atomic mass is 16.2. The molecule has 76 valence electrons. The summed E-state index contributed by atoms with van der Waals surface area (Å²) in [5.74, 6) is 2.05. The Labute approximate surface area is 78.6 Å². The van der Waals surface area contributed by atoms with Crippen LogP contribution in [-0.4, -0.2) is 47.1 Å². The number of nitrogens with zero attached hydrogens (tertiary/aromatic N) is 2. The number of hydrogen-bond donors (Lipinski definition) is 2. The van der Waals surface area contributed by atoms with Gasteiger partial charge in [0.2, 0.25) is 0 Å². The van der Waals surface area contributed by atoms with E-state index in [4.69, 9.17) is 5.84 Å². The molecule has 8 heteroatoms.